The number of hydrogen-bond acceptors (Lipinski definition) is 5. The Balaban J connectivity index is 2.73. The van der Waals surface area contributed by atoms with Gasteiger partial charge in [-0.05, 0) is 6.92 Å². The molecule has 1 aliphatic heterocycles. The highest BCUT2D eigenvalue weighted by atomic mass is 31.2. The standard InChI is InChI=1S/C8H12NO6P/c1-5-8(11)7(3-10)6(2-9-5)4-15-16(12,13)14/h2-3,6-7,11H,4H2,1H3,(H2,12,13,14)/t6-,7-/m1/s1. The van der Waals surface area contributed by atoms with Crippen LogP contribution in [-0.2, 0) is 13.9 Å². The fraction of sp³-hybridized carbons (Fsp3) is 0.500. The molecule has 0 fully saturated rings. The summed E-state index contributed by atoms with van der Waals surface area (Å²) in [5.74, 6) is -1.74. The van der Waals surface area contributed by atoms with Crippen LogP contribution in [0, 0.1) is 11.8 Å². The van der Waals surface area contributed by atoms with Crippen molar-refractivity contribution >= 4 is 20.3 Å². The second kappa shape index (κ2) is 4.88. The van der Waals surface area contributed by atoms with Crippen molar-refractivity contribution in [1.29, 1.82) is 0 Å². The SMILES string of the molecule is CC1=C(O)[C@H](C=O)[C@@H](COP(=O)(O)O)C=N1. The van der Waals surface area contributed by atoms with Crippen LogP contribution >= 0.6 is 7.82 Å². The van der Waals surface area contributed by atoms with Crippen LogP contribution in [0.1, 0.15) is 6.92 Å². The van der Waals surface area contributed by atoms with Gasteiger partial charge in [-0.25, -0.2) is 4.57 Å². The summed E-state index contributed by atoms with van der Waals surface area (Å²) in [5, 5.41) is 9.52. The Morgan fingerprint density at radius 3 is 2.75 bits per heavy atom. The van der Waals surface area contributed by atoms with Crippen LogP contribution in [0.25, 0.3) is 0 Å². The van der Waals surface area contributed by atoms with Crippen LogP contribution in [0.3, 0.4) is 0 Å². The van der Waals surface area contributed by atoms with Crippen molar-refractivity contribution in [3.63, 3.8) is 0 Å². The van der Waals surface area contributed by atoms with Crippen molar-refractivity contribution < 1.29 is 28.8 Å². The summed E-state index contributed by atoms with van der Waals surface area (Å²) in [6.45, 7) is 1.15. The maximum Gasteiger partial charge on any atom is 0.469 e. The number of aliphatic hydroxyl groups excluding tert-OH is 1. The highest BCUT2D eigenvalue weighted by Gasteiger charge is 2.30. The molecule has 0 spiro atoms. The van der Waals surface area contributed by atoms with Gasteiger partial charge in [-0.2, -0.15) is 0 Å². The fourth-order valence-electron chi connectivity index (χ4n) is 1.31. The molecule has 8 heteroatoms. The van der Waals surface area contributed by atoms with Crippen LogP contribution in [0.2, 0.25) is 0 Å². The van der Waals surface area contributed by atoms with Crippen molar-refractivity contribution in [3.05, 3.63) is 11.5 Å². The second-order valence-corrected chi connectivity index (χ2v) is 4.60. The molecule has 1 aliphatic rings. The van der Waals surface area contributed by atoms with Gasteiger partial charge in [0.1, 0.15) is 12.0 Å². The lowest BCUT2D eigenvalue weighted by atomic mass is 9.91. The molecule has 90 valence electrons. The Morgan fingerprint density at radius 2 is 2.25 bits per heavy atom. The van der Waals surface area contributed by atoms with Crippen molar-refractivity contribution in [1.82, 2.24) is 0 Å². The molecule has 0 unspecified atom stereocenters. The van der Waals surface area contributed by atoms with Crippen molar-refractivity contribution in [3.8, 4) is 0 Å². The monoisotopic (exact) mass is 249 g/mol. The zero-order valence-corrected chi connectivity index (χ0v) is 9.37. The molecule has 0 saturated carbocycles. The Labute approximate surface area is 91.7 Å². The zero-order chi connectivity index (χ0) is 12.3. The van der Waals surface area contributed by atoms with Gasteiger partial charge >= 0.3 is 7.82 Å². The van der Waals surface area contributed by atoms with Crippen molar-refractivity contribution in [2.24, 2.45) is 16.8 Å². The van der Waals surface area contributed by atoms with E-state index < -0.39 is 19.7 Å². The van der Waals surface area contributed by atoms with E-state index in [0.717, 1.165) is 0 Å². The lowest BCUT2D eigenvalue weighted by Crippen LogP contribution is -2.27. The average molecular weight is 249 g/mol. The minimum absolute atomic E-state index is 0.197. The van der Waals surface area contributed by atoms with Crippen molar-refractivity contribution in [2.75, 3.05) is 6.61 Å². The third-order valence-corrected chi connectivity index (χ3v) is 2.67. The molecule has 2 atom stereocenters. The number of aliphatic imine (C=N–C) groups is 1. The van der Waals surface area contributed by atoms with Gasteiger partial charge in [0.05, 0.1) is 18.2 Å². The lowest BCUT2D eigenvalue weighted by Gasteiger charge is -2.22. The predicted molar refractivity (Wildman–Crippen MR) is 54.9 cm³/mol. The number of aldehydes is 1. The molecule has 3 N–H and O–H groups in total. The summed E-state index contributed by atoms with van der Waals surface area (Å²) in [6.07, 6.45) is 1.83. The number of rotatable bonds is 4. The fourth-order valence-corrected chi connectivity index (χ4v) is 1.67. The average Bonchev–Trinajstić information content (AvgIpc) is 2.18. The van der Waals surface area contributed by atoms with Crippen LogP contribution in [0.4, 0.5) is 0 Å². The van der Waals surface area contributed by atoms with Crippen LogP contribution in [-0.4, -0.2) is 34.0 Å². The number of phosphoric acid groups is 1. The van der Waals surface area contributed by atoms with E-state index in [4.69, 9.17) is 9.79 Å². The third kappa shape index (κ3) is 3.24. The van der Waals surface area contributed by atoms with E-state index in [1.54, 1.807) is 0 Å². The minimum atomic E-state index is -4.58. The summed E-state index contributed by atoms with van der Waals surface area (Å²) in [6, 6.07) is 0. The number of aliphatic hydroxyl groups is 1. The lowest BCUT2D eigenvalue weighted by molar-refractivity contribution is -0.112. The quantitative estimate of drug-likeness (QED) is 0.490. The van der Waals surface area contributed by atoms with E-state index >= 15 is 0 Å². The largest absolute Gasteiger partial charge is 0.510 e. The molecular formula is C8H12NO6P. The Bertz CT molecular complexity index is 384. The van der Waals surface area contributed by atoms with Crippen LogP contribution in [0.5, 0.6) is 0 Å². The topological polar surface area (TPSA) is 116 Å². The van der Waals surface area contributed by atoms with E-state index in [9.17, 15) is 14.5 Å². The third-order valence-electron chi connectivity index (χ3n) is 2.19. The van der Waals surface area contributed by atoms with E-state index in [0.29, 0.717) is 12.0 Å². The molecule has 16 heavy (non-hydrogen) atoms. The summed E-state index contributed by atoms with van der Waals surface area (Å²) in [7, 11) is -4.58. The Kier molecular flexibility index (Phi) is 3.98. The number of hydrogen-bond donors (Lipinski definition) is 3. The summed E-state index contributed by atoms with van der Waals surface area (Å²) >= 11 is 0. The maximum atomic E-state index is 10.7. The molecular weight excluding hydrogens is 237 g/mol. The maximum absolute atomic E-state index is 10.7. The van der Waals surface area contributed by atoms with Crippen LogP contribution in [0.15, 0.2) is 16.4 Å². The first-order valence-electron chi connectivity index (χ1n) is 4.44. The van der Waals surface area contributed by atoms with E-state index in [-0.39, 0.29) is 12.4 Å². The van der Waals surface area contributed by atoms with Crippen molar-refractivity contribution in [2.45, 2.75) is 6.92 Å². The molecule has 1 heterocycles. The molecule has 0 radical (unpaired) electrons. The van der Waals surface area contributed by atoms with Crippen LogP contribution < -0.4 is 0 Å². The number of phosphoric ester groups is 1. The highest BCUT2D eigenvalue weighted by Crippen LogP contribution is 2.37. The molecule has 0 aliphatic carbocycles. The second-order valence-electron chi connectivity index (χ2n) is 3.36. The molecule has 7 nitrogen and oxygen atoms in total. The van der Waals surface area contributed by atoms with Gasteiger partial charge < -0.3 is 19.7 Å². The van der Waals surface area contributed by atoms with Gasteiger partial charge in [-0.15, -0.1) is 0 Å². The molecule has 0 aromatic carbocycles. The first kappa shape index (κ1) is 13.1. The van der Waals surface area contributed by atoms with E-state index in [1.165, 1.54) is 13.1 Å². The van der Waals surface area contributed by atoms with Gasteiger partial charge in [0, 0.05) is 12.1 Å². The highest BCUT2D eigenvalue weighted by molar-refractivity contribution is 7.46. The Morgan fingerprint density at radius 1 is 1.62 bits per heavy atom. The van der Waals surface area contributed by atoms with Gasteiger partial charge in [0.15, 0.2) is 0 Å². The minimum Gasteiger partial charge on any atom is -0.510 e. The predicted octanol–water partition coefficient (Wildman–Crippen LogP) is 0.401. The molecule has 0 amide bonds. The number of carbonyl (C=O) groups is 1. The smallest absolute Gasteiger partial charge is 0.469 e. The normalized spacial score (nSPS) is 25.9. The number of carbonyl (C=O) groups excluding carboxylic acids is 1. The van der Waals surface area contributed by atoms with E-state index in [1.807, 2.05) is 0 Å². The van der Waals surface area contributed by atoms with Gasteiger partial charge in [0.25, 0.3) is 0 Å². The summed E-state index contributed by atoms with van der Waals surface area (Å²) < 4.78 is 14.7. The first-order valence-corrected chi connectivity index (χ1v) is 5.97. The van der Waals surface area contributed by atoms with E-state index in [2.05, 4.69) is 9.52 Å². The van der Waals surface area contributed by atoms with Gasteiger partial charge in [0.2, 0.25) is 0 Å². The van der Waals surface area contributed by atoms with Gasteiger partial charge in [-0.1, -0.05) is 0 Å². The molecule has 0 aromatic heterocycles. The molecule has 0 bridgehead atoms. The van der Waals surface area contributed by atoms with Gasteiger partial charge in [-0.3, -0.25) is 9.52 Å². The summed E-state index contributed by atoms with van der Waals surface area (Å²) in [4.78, 5) is 31.6. The zero-order valence-electron chi connectivity index (χ0n) is 8.48. The summed E-state index contributed by atoms with van der Waals surface area (Å²) in [5.41, 5.74) is 0.310. The first-order chi connectivity index (χ1) is 7.35. The number of allylic oxidation sites excluding steroid dienone is 2. The Hall–Kier alpha value is -1.01. The molecule has 0 saturated heterocycles. The molecule has 1 rings (SSSR count). The number of nitrogens with zero attached hydrogens (tertiary/aromatic N) is 1. The molecule has 0 aromatic rings.